The molecule has 0 aromatic heterocycles. The highest BCUT2D eigenvalue weighted by Gasteiger charge is 2.39. The lowest BCUT2D eigenvalue weighted by Crippen LogP contribution is -2.73. The molecular weight excluding hydrogens is 177 g/mol. The van der Waals surface area contributed by atoms with Gasteiger partial charge in [-0.25, -0.2) is 0 Å². The van der Waals surface area contributed by atoms with Crippen molar-refractivity contribution >= 4 is 91.4 Å². The Labute approximate surface area is 112 Å². The Hall–Kier alpha value is 0.844. The Morgan fingerprint density at radius 3 is 1.19 bits per heavy atom. The van der Waals surface area contributed by atoms with Crippen LogP contribution in [0.1, 0.15) is 0 Å². The minimum absolute atomic E-state index is 0.161. The summed E-state index contributed by atoms with van der Waals surface area (Å²) in [6.45, 7) is 5.93. The second-order valence-electron chi connectivity index (χ2n) is 4.99. The zero-order valence-corrected chi connectivity index (χ0v) is 10.5. The van der Waals surface area contributed by atoms with Crippen LogP contribution in [0.4, 0.5) is 0 Å². The predicted molar refractivity (Wildman–Crippen MR) is 92.4 cm³/mol. The second-order valence-corrected chi connectivity index (χ2v) is 4.99. The SMILES string of the molecule is [B]B([B])B(B([B])C)B(B([B])[B])B([B])B(C)C. The van der Waals surface area contributed by atoms with Crippen LogP contribution >= 0.6 is 0 Å². The minimum Gasteiger partial charge on any atom is -0.101 e. The van der Waals surface area contributed by atoms with Crippen molar-refractivity contribution in [2.75, 3.05) is 0 Å². The molecule has 0 saturated carbocycles. The third-order valence-corrected chi connectivity index (χ3v) is 3.15. The Morgan fingerprint density at radius 1 is 0.625 bits per heavy atom. The quantitative estimate of drug-likeness (QED) is 0.383. The van der Waals surface area contributed by atoms with Gasteiger partial charge in [0.05, 0.1) is 6.60 Å². The van der Waals surface area contributed by atoms with E-state index in [0.29, 0.717) is 0 Å². The Kier molecular flexibility index (Phi) is 7.70. The van der Waals surface area contributed by atoms with Crippen LogP contribution in [0.15, 0.2) is 0 Å². The van der Waals surface area contributed by atoms with Crippen LogP contribution < -0.4 is 0 Å². The fourth-order valence-corrected chi connectivity index (χ4v) is 2.17. The van der Waals surface area contributed by atoms with Gasteiger partial charge >= 0.3 is 0 Å². The summed E-state index contributed by atoms with van der Waals surface area (Å²) in [4.78, 5) is 0. The van der Waals surface area contributed by atoms with Crippen molar-refractivity contribution in [3.05, 3.63) is 0 Å². The second kappa shape index (κ2) is 7.32. The maximum Gasteiger partial charge on any atom is 0.0835 e. The van der Waals surface area contributed by atoms with Gasteiger partial charge in [0.15, 0.2) is 0 Å². The highest BCUT2D eigenvalue weighted by molar-refractivity contribution is 8.09. The van der Waals surface area contributed by atoms with Crippen molar-refractivity contribution < 1.29 is 0 Å². The van der Waals surface area contributed by atoms with Crippen molar-refractivity contribution in [3.63, 3.8) is 0 Å². The molecule has 13 heteroatoms. The molecule has 0 aromatic carbocycles. The molecular formula is C3H9B13. The van der Waals surface area contributed by atoms with E-state index in [0.717, 1.165) is 0 Å². The van der Waals surface area contributed by atoms with Gasteiger partial charge in [-0.1, -0.05) is 13.6 Å². The number of rotatable bonds is 6. The molecule has 0 aliphatic rings. The van der Waals surface area contributed by atoms with Gasteiger partial charge in [-0.3, -0.25) is 0 Å². The smallest absolute Gasteiger partial charge is 0.0835 e. The molecule has 0 aliphatic carbocycles. The van der Waals surface area contributed by atoms with Crippen molar-refractivity contribution in [3.8, 4) is 0 Å². The predicted octanol–water partition coefficient (Wildman–Crippen LogP) is -3.20. The fourth-order valence-electron chi connectivity index (χ4n) is 2.17. The van der Waals surface area contributed by atoms with Gasteiger partial charge in [-0.2, -0.15) is 0 Å². The number of hydrogen-bond donors (Lipinski definition) is 0. The van der Waals surface area contributed by atoms with Gasteiger partial charge in [0.25, 0.3) is 0 Å². The summed E-state index contributed by atoms with van der Waals surface area (Å²) in [5, 5.41) is 0. The Balaban J connectivity index is 5.00. The summed E-state index contributed by atoms with van der Waals surface area (Å²) in [6.07, 6.45) is -1.66. The molecule has 0 atom stereocenters. The molecule has 0 aliphatic heterocycles. The summed E-state index contributed by atoms with van der Waals surface area (Å²) in [5.74, 6) is 0. The van der Waals surface area contributed by atoms with Crippen LogP contribution in [0.2, 0.25) is 20.5 Å². The van der Waals surface area contributed by atoms with E-state index < -0.39 is 12.8 Å². The fraction of sp³-hybridized carbons (Fsp3) is 1.00. The lowest BCUT2D eigenvalue weighted by atomic mass is 8.47. The monoisotopic (exact) mass is 188 g/mol. The van der Waals surface area contributed by atoms with Crippen LogP contribution in [0.25, 0.3) is 0 Å². The standard InChI is InChI=1S/C3H9B13/c1-10(2)14(9)16(13(7)8)15(11(3)4)12(5)6/h1-3H3. The van der Waals surface area contributed by atoms with Gasteiger partial charge in [0, 0.05) is 84.8 Å². The third-order valence-electron chi connectivity index (χ3n) is 3.15. The molecule has 0 spiro atoms. The first-order valence-corrected chi connectivity index (χ1v) is 5.73. The van der Waals surface area contributed by atoms with Crippen molar-refractivity contribution in [2.45, 2.75) is 20.5 Å². The van der Waals surface area contributed by atoms with Crippen molar-refractivity contribution in [1.29, 1.82) is 0 Å². The van der Waals surface area contributed by atoms with Crippen LogP contribution in [0.3, 0.4) is 0 Å². The molecule has 16 heavy (non-hydrogen) atoms. The van der Waals surface area contributed by atoms with E-state index in [-0.39, 0.29) is 32.3 Å². The molecule has 0 saturated heterocycles. The van der Waals surface area contributed by atoms with E-state index in [1.165, 1.54) is 0 Å². The van der Waals surface area contributed by atoms with Gasteiger partial charge < -0.3 is 0 Å². The van der Waals surface area contributed by atoms with E-state index in [1.807, 2.05) is 20.5 Å². The van der Waals surface area contributed by atoms with Gasteiger partial charge in [0.2, 0.25) is 0 Å². The molecule has 0 nitrogen and oxygen atoms in total. The highest BCUT2D eigenvalue weighted by atomic mass is 13.3. The van der Waals surface area contributed by atoms with Gasteiger partial charge in [-0.15, -0.1) is 6.82 Å². The van der Waals surface area contributed by atoms with Crippen molar-refractivity contribution in [1.82, 2.24) is 0 Å². The van der Waals surface area contributed by atoms with Crippen LogP contribution in [-0.2, 0) is 0 Å². The Morgan fingerprint density at radius 2 is 1.00 bits per heavy atom. The largest absolute Gasteiger partial charge is 0.101 e. The van der Waals surface area contributed by atoms with E-state index in [4.69, 9.17) is 46.4 Å². The third kappa shape index (κ3) is 4.61. The number of hydrogen-bond acceptors (Lipinski definition) is 0. The average molecular weight is 186 g/mol. The zero-order chi connectivity index (χ0) is 13.0. The lowest BCUT2D eigenvalue weighted by molar-refractivity contribution is 2.09. The molecule has 0 N–H and O–H groups in total. The van der Waals surface area contributed by atoms with Crippen LogP contribution in [-0.4, -0.2) is 91.4 Å². The summed E-state index contributed by atoms with van der Waals surface area (Å²) in [5.41, 5.74) is 0. The molecule has 0 bridgehead atoms. The van der Waals surface area contributed by atoms with E-state index in [9.17, 15) is 0 Å². The molecule has 0 heterocycles. The van der Waals surface area contributed by atoms with Crippen LogP contribution in [0.5, 0.6) is 0 Å². The van der Waals surface area contributed by atoms with E-state index in [1.54, 1.807) is 0 Å². The molecule has 0 fully saturated rings. The zero-order valence-electron chi connectivity index (χ0n) is 10.5. The molecule has 12 radical (unpaired) electrons. The normalized spacial score (nSPS) is 9.19. The first-order valence-electron chi connectivity index (χ1n) is 5.73. The topological polar surface area (TPSA) is 0 Å². The highest BCUT2D eigenvalue weighted by Crippen LogP contribution is 2.03. The summed E-state index contributed by atoms with van der Waals surface area (Å²) < 4.78 is 0. The maximum absolute atomic E-state index is 6.11. The summed E-state index contributed by atoms with van der Waals surface area (Å²) >= 11 is 0. The Bertz CT molecular complexity index is 180. The van der Waals surface area contributed by atoms with Crippen molar-refractivity contribution in [2.24, 2.45) is 0 Å². The molecule has 0 amide bonds. The van der Waals surface area contributed by atoms with Gasteiger partial charge in [0.1, 0.15) is 0 Å². The lowest BCUT2D eigenvalue weighted by Gasteiger charge is -2.36. The van der Waals surface area contributed by atoms with E-state index in [2.05, 4.69) is 0 Å². The average Bonchev–Trinajstić information content (AvgIpc) is 2.10. The van der Waals surface area contributed by atoms with E-state index >= 15 is 0 Å². The molecule has 0 unspecified atom stereocenters. The molecule has 60 valence electrons. The summed E-state index contributed by atoms with van der Waals surface area (Å²) in [6, 6.07) is 0. The maximum atomic E-state index is 6.11. The first-order chi connectivity index (χ1) is 7.20. The summed E-state index contributed by atoms with van der Waals surface area (Å²) in [7, 11) is 35.1. The van der Waals surface area contributed by atoms with Gasteiger partial charge in [-0.05, 0) is 0 Å². The molecule has 0 aromatic rings. The minimum atomic E-state index is -0.567. The first kappa shape index (κ1) is 16.8. The molecule has 0 rings (SSSR count). The van der Waals surface area contributed by atoms with Crippen LogP contribution in [0, 0.1) is 0 Å².